The second-order valence-corrected chi connectivity index (χ2v) is 16.2. The highest BCUT2D eigenvalue weighted by atomic mass is 15.0. The van der Waals surface area contributed by atoms with Gasteiger partial charge in [-0.1, -0.05) is 182 Å². The van der Waals surface area contributed by atoms with Gasteiger partial charge in [0.1, 0.15) is 0 Å². The Hall–Kier alpha value is -7.22. The molecule has 0 atom stereocenters. The fourth-order valence-corrected chi connectivity index (χ4v) is 12.1. The van der Waals surface area contributed by atoms with Gasteiger partial charge in [-0.2, -0.15) is 0 Å². The maximum Gasteiger partial charge on any atom is 0.0726 e. The van der Waals surface area contributed by atoms with Gasteiger partial charge in [0.25, 0.3) is 0 Å². The highest BCUT2D eigenvalue weighted by Crippen LogP contribution is 2.65. The minimum Gasteiger partial charge on any atom is -0.309 e. The molecule has 262 valence electrons. The molecule has 0 unspecified atom stereocenters. The predicted octanol–water partition coefficient (Wildman–Crippen LogP) is 13.5. The van der Waals surface area contributed by atoms with E-state index >= 15 is 0 Å². The van der Waals surface area contributed by atoms with Crippen LogP contribution in [0.4, 0.5) is 0 Å². The number of benzene rings is 9. The molecule has 14 rings (SSSR count). The minimum atomic E-state index is -0.413. The summed E-state index contributed by atoms with van der Waals surface area (Å²) in [6.07, 6.45) is 0. The third-order valence-corrected chi connectivity index (χ3v) is 14.0. The highest BCUT2D eigenvalue weighted by molar-refractivity contribution is 6.16. The summed E-state index contributed by atoms with van der Waals surface area (Å²) >= 11 is 0. The maximum atomic E-state index is 2.59. The molecule has 1 nitrogen and oxygen atoms in total. The molecule has 1 heterocycles. The van der Waals surface area contributed by atoms with Crippen molar-refractivity contribution < 1.29 is 0 Å². The van der Waals surface area contributed by atoms with Gasteiger partial charge in [0.15, 0.2) is 0 Å². The van der Waals surface area contributed by atoms with E-state index in [4.69, 9.17) is 0 Å². The normalized spacial score (nSPS) is 14.9. The molecule has 0 N–H and O–H groups in total. The van der Waals surface area contributed by atoms with Crippen molar-refractivity contribution in [3.05, 3.63) is 245 Å². The fraction of sp³-hybridized carbons (Fsp3) is 0.0357. The average Bonchev–Trinajstić information content (AvgIpc) is 4.03. The van der Waals surface area contributed by atoms with Crippen LogP contribution >= 0.6 is 0 Å². The van der Waals surface area contributed by atoms with Gasteiger partial charge in [-0.05, 0) is 102 Å². The number of rotatable bonds is 1. The minimum absolute atomic E-state index is 0.407. The van der Waals surface area contributed by atoms with E-state index < -0.39 is 10.8 Å². The van der Waals surface area contributed by atoms with E-state index in [0.29, 0.717) is 0 Å². The van der Waals surface area contributed by atoms with Crippen LogP contribution in [-0.2, 0) is 10.8 Å². The number of nitrogens with zero attached hydrogens (tertiary/aromatic N) is 1. The molecule has 1 aromatic heterocycles. The van der Waals surface area contributed by atoms with Crippen LogP contribution in [-0.4, -0.2) is 4.57 Å². The van der Waals surface area contributed by atoms with Crippen LogP contribution < -0.4 is 0 Å². The summed E-state index contributed by atoms with van der Waals surface area (Å²) in [5.74, 6) is 0. The molecule has 4 aliphatic rings. The Labute approximate surface area is 330 Å². The van der Waals surface area contributed by atoms with Gasteiger partial charge < -0.3 is 4.57 Å². The molecule has 9 aromatic carbocycles. The molecule has 57 heavy (non-hydrogen) atoms. The van der Waals surface area contributed by atoms with Crippen LogP contribution in [0.3, 0.4) is 0 Å². The lowest BCUT2D eigenvalue weighted by molar-refractivity contribution is 0.792. The Morgan fingerprint density at radius 2 is 0.684 bits per heavy atom. The van der Waals surface area contributed by atoms with Crippen LogP contribution in [0, 0.1) is 0 Å². The zero-order chi connectivity index (χ0) is 37.0. The SMILES string of the molecule is c1ccc2c(c1)-c1ccccc1C21c2ccccc2-c2ccc(-n3c4ccccc4c4ccc5c(c43)-c3ccccc3C53c4ccccc4-c4ccccc43)cc21. The van der Waals surface area contributed by atoms with Gasteiger partial charge >= 0.3 is 0 Å². The van der Waals surface area contributed by atoms with E-state index in [1.165, 1.54) is 117 Å². The molecule has 4 aliphatic carbocycles. The Morgan fingerprint density at radius 1 is 0.281 bits per heavy atom. The summed E-state index contributed by atoms with van der Waals surface area (Å²) in [6.45, 7) is 0. The zero-order valence-corrected chi connectivity index (χ0v) is 31.0. The van der Waals surface area contributed by atoms with Crippen LogP contribution in [0.5, 0.6) is 0 Å². The largest absolute Gasteiger partial charge is 0.309 e. The van der Waals surface area contributed by atoms with Crippen LogP contribution in [0.1, 0.15) is 44.5 Å². The second-order valence-electron chi connectivity index (χ2n) is 16.2. The number of fused-ring (bicyclic) bond motifs is 24. The van der Waals surface area contributed by atoms with Gasteiger partial charge in [-0.3, -0.25) is 0 Å². The van der Waals surface area contributed by atoms with E-state index in [-0.39, 0.29) is 0 Å². The van der Waals surface area contributed by atoms with E-state index in [2.05, 4.69) is 205 Å². The van der Waals surface area contributed by atoms with Gasteiger partial charge in [0.2, 0.25) is 0 Å². The zero-order valence-electron chi connectivity index (χ0n) is 31.0. The van der Waals surface area contributed by atoms with Gasteiger partial charge in [0, 0.05) is 22.0 Å². The fourth-order valence-electron chi connectivity index (χ4n) is 12.1. The van der Waals surface area contributed by atoms with Crippen molar-refractivity contribution >= 4 is 21.8 Å². The summed E-state index contributed by atoms with van der Waals surface area (Å²) in [6, 6.07) is 75.9. The van der Waals surface area contributed by atoms with E-state index in [9.17, 15) is 0 Å². The molecular formula is C56H33N. The molecule has 0 radical (unpaired) electrons. The van der Waals surface area contributed by atoms with Crippen molar-refractivity contribution in [3.8, 4) is 50.2 Å². The van der Waals surface area contributed by atoms with E-state index in [1.54, 1.807) is 0 Å². The summed E-state index contributed by atoms with van der Waals surface area (Å²) in [7, 11) is 0. The second kappa shape index (κ2) is 10.3. The first-order valence-corrected chi connectivity index (χ1v) is 20.1. The van der Waals surface area contributed by atoms with Gasteiger partial charge in [-0.25, -0.2) is 0 Å². The molecule has 0 fully saturated rings. The van der Waals surface area contributed by atoms with Crippen LogP contribution in [0.25, 0.3) is 72.0 Å². The van der Waals surface area contributed by atoms with Gasteiger partial charge in [0.05, 0.1) is 21.9 Å². The van der Waals surface area contributed by atoms with Crippen molar-refractivity contribution in [2.24, 2.45) is 0 Å². The third kappa shape index (κ3) is 3.30. The Morgan fingerprint density at radius 3 is 1.21 bits per heavy atom. The standard InChI is InChI=1S/C56H33N/c1-8-22-44-35(15-1)36-16-2-9-23-45(36)55(44)49-27-13-6-21-43(49)53-50(55)32-31-42-41-20-7-14-28-52(41)57(54(42)53)34-29-30-40-39-19-5-12-26-48(39)56(51(40)33-34)46-24-10-3-17-37(46)38-18-4-11-25-47(38)56/h1-33H. The first-order chi connectivity index (χ1) is 28.3. The molecule has 10 aromatic rings. The molecule has 0 saturated carbocycles. The van der Waals surface area contributed by atoms with E-state index in [0.717, 1.165) is 0 Å². The molecule has 0 saturated heterocycles. The molecular weight excluding hydrogens is 687 g/mol. The first-order valence-electron chi connectivity index (χ1n) is 20.1. The molecule has 0 aliphatic heterocycles. The van der Waals surface area contributed by atoms with Crippen molar-refractivity contribution in [2.75, 3.05) is 0 Å². The molecule has 0 amide bonds. The number of aromatic nitrogens is 1. The first kappa shape index (κ1) is 30.1. The summed E-state index contributed by atoms with van der Waals surface area (Å²) in [5, 5.41) is 2.56. The lowest BCUT2D eigenvalue weighted by atomic mass is 9.70. The summed E-state index contributed by atoms with van der Waals surface area (Å²) in [5.41, 5.74) is 24.4. The molecule has 0 bridgehead atoms. The Kier molecular flexibility index (Phi) is 5.45. The Balaban J connectivity index is 1.13. The van der Waals surface area contributed by atoms with Crippen molar-refractivity contribution in [3.63, 3.8) is 0 Å². The lowest BCUT2D eigenvalue weighted by Gasteiger charge is -2.31. The lowest BCUT2D eigenvalue weighted by Crippen LogP contribution is -2.26. The van der Waals surface area contributed by atoms with Gasteiger partial charge in [-0.15, -0.1) is 0 Å². The third-order valence-electron chi connectivity index (χ3n) is 14.0. The predicted molar refractivity (Wildman–Crippen MR) is 233 cm³/mol. The van der Waals surface area contributed by atoms with Crippen molar-refractivity contribution in [1.29, 1.82) is 0 Å². The quantitative estimate of drug-likeness (QED) is 0.159. The van der Waals surface area contributed by atoms with Crippen molar-refractivity contribution in [1.82, 2.24) is 4.57 Å². The van der Waals surface area contributed by atoms with Crippen LogP contribution in [0.2, 0.25) is 0 Å². The molecule has 2 spiro atoms. The van der Waals surface area contributed by atoms with E-state index in [1.807, 2.05) is 0 Å². The molecule has 1 heteroatoms. The van der Waals surface area contributed by atoms with Crippen molar-refractivity contribution in [2.45, 2.75) is 10.8 Å². The number of para-hydroxylation sites is 1. The van der Waals surface area contributed by atoms with Crippen LogP contribution in [0.15, 0.2) is 200 Å². The maximum absolute atomic E-state index is 2.59. The smallest absolute Gasteiger partial charge is 0.0726 e. The number of hydrogen-bond acceptors (Lipinski definition) is 0. The number of hydrogen-bond donors (Lipinski definition) is 0. The summed E-state index contributed by atoms with van der Waals surface area (Å²) < 4.78 is 2.59. The highest BCUT2D eigenvalue weighted by Gasteiger charge is 2.53. The average molecular weight is 720 g/mol. The Bertz CT molecular complexity index is 3320. The topological polar surface area (TPSA) is 4.93 Å². The summed E-state index contributed by atoms with van der Waals surface area (Å²) in [4.78, 5) is 0. The monoisotopic (exact) mass is 719 g/mol.